The first-order chi connectivity index (χ1) is 11.6. The largest absolute Gasteiger partial charge is 0.451 e. The molecule has 25 heavy (non-hydrogen) atoms. The third-order valence-electron chi connectivity index (χ3n) is 2.78. The molecule has 1 heterocycles. The van der Waals surface area contributed by atoms with Crippen LogP contribution >= 0.6 is 11.6 Å². The molecule has 0 fully saturated rings. The highest BCUT2D eigenvalue weighted by molar-refractivity contribution is 7.89. The van der Waals surface area contributed by atoms with Crippen molar-refractivity contribution in [1.82, 2.24) is 19.9 Å². The molecule has 0 aliphatic heterocycles. The Morgan fingerprint density at radius 3 is 2.56 bits per heavy atom. The quantitative estimate of drug-likeness (QED) is 0.687. The van der Waals surface area contributed by atoms with Crippen LogP contribution in [-0.2, 0) is 21.0 Å². The smallest absolute Gasteiger partial charge is 0.293 e. The molecule has 2 rings (SSSR count). The Balaban J connectivity index is 1.88. The minimum absolute atomic E-state index is 0.0138. The molecule has 1 aromatic carbocycles. The maximum atomic E-state index is 12.3. The molecule has 8 nitrogen and oxygen atoms in total. The number of aromatic nitrogens is 3. The van der Waals surface area contributed by atoms with Gasteiger partial charge in [-0.1, -0.05) is 23.7 Å². The normalized spacial score (nSPS) is 12.2. The van der Waals surface area contributed by atoms with Crippen LogP contribution in [0.2, 0.25) is 5.02 Å². The zero-order chi connectivity index (χ0) is 18.7. The van der Waals surface area contributed by atoms with Crippen LogP contribution in [-0.4, -0.2) is 36.1 Å². The number of carbonyl (C=O) groups excluding carboxylic acids is 1. The number of anilines is 1. The van der Waals surface area contributed by atoms with Crippen molar-refractivity contribution in [2.24, 2.45) is 0 Å². The number of amides is 1. The zero-order valence-corrected chi connectivity index (χ0v) is 13.8. The van der Waals surface area contributed by atoms with Crippen molar-refractivity contribution >= 4 is 33.5 Å². The van der Waals surface area contributed by atoms with Crippen LogP contribution in [0, 0.1) is 0 Å². The number of nitrogens with one attached hydrogen (secondary N) is 3. The highest BCUT2D eigenvalue weighted by atomic mass is 35.5. The Kier molecular flexibility index (Phi) is 5.65. The van der Waals surface area contributed by atoms with E-state index in [1.54, 1.807) is 11.2 Å². The second-order valence-corrected chi connectivity index (χ2v) is 6.77. The van der Waals surface area contributed by atoms with Crippen LogP contribution in [0.3, 0.4) is 0 Å². The van der Waals surface area contributed by atoms with E-state index >= 15 is 0 Å². The number of hydrogen-bond donors (Lipinski definition) is 3. The van der Waals surface area contributed by atoms with Crippen molar-refractivity contribution in [2.75, 3.05) is 11.9 Å². The van der Waals surface area contributed by atoms with Crippen LogP contribution < -0.4 is 10.0 Å². The molecule has 0 aliphatic carbocycles. The van der Waals surface area contributed by atoms with Gasteiger partial charge in [-0.3, -0.25) is 15.2 Å². The molecule has 1 amide bonds. The minimum Gasteiger partial charge on any atom is -0.293 e. The molecule has 0 bridgehead atoms. The molecule has 0 spiro atoms. The fourth-order valence-electron chi connectivity index (χ4n) is 1.67. The van der Waals surface area contributed by atoms with E-state index in [9.17, 15) is 26.4 Å². The van der Waals surface area contributed by atoms with Crippen molar-refractivity contribution in [3.63, 3.8) is 0 Å². The van der Waals surface area contributed by atoms with Crippen molar-refractivity contribution in [2.45, 2.75) is 17.5 Å². The molecule has 13 heteroatoms. The number of carbonyl (C=O) groups is 1. The molecule has 1 aromatic heterocycles. The molecule has 3 N–H and O–H groups in total. The van der Waals surface area contributed by atoms with Gasteiger partial charge in [-0.15, -0.1) is 5.10 Å². The van der Waals surface area contributed by atoms with Crippen molar-refractivity contribution in [1.29, 1.82) is 0 Å². The molecule has 0 saturated carbocycles. The van der Waals surface area contributed by atoms with Crippen molar-refractivity contribution in [3.05, 3.63) is 35.1 Å². The summed E-state index contributed by atoms with van der Waals surface area (Å²) in [4.78, 5) is 14.5. The number of benzene rings is 1. The molecule has 0 unspecified atom stereocenters. The summed E-state index contributed by atoms with van der Waals surface area (Å²) in [6, 6.07) is 5.72. The van der Waals surface area contributed by atoms with Gasteiger partial charge in [0.05, 0.1) is 5.02 Å². The Morgan fingerprint density at radius 1 is 1.28 bits per heavy atom. The highest BCUT2D eigenvalue weighted by Gasteiger charge is 2.35. The highest BCUT2D eigenvalue weighted by Crippen LogP contribution is 2.26. The van der Waals surface area contributed by atoms with E-state index in [0.717, 1.165) is 0 Å². The van der Waals surface area contributed by atoms with Gasteiger partial charge in [-0.05, 0) is 12.1 Å². The molecule has 2 aromatic rings. The second kappa shape index (κ2) is 7.37. The first-order valence-corrected chi connectivity index (χ1v) is 8.49. The number of rotatable bonds is 6. The Labute approximate surface area is 144 Å². The summed E-state index contributed by atoms with van der Waals surface area (Å²) in [7, 11) is -3.92. The van der Waals surface area contributed by atoms with Gasteiger partial charge in [-0.2, -0.15) is 18.2 Å². The summed E-state index contributed by atoms with van der Waals surface area (Å²) in [5.74, 6) is -2.69. The van der Waals surface area contributed by atoms with E-state index in [0.29, 0.717) is 0 Å². The monoisotopic (exact) mass is 397 g/mol. The van der Waals surface area contributed by atoms with E-state index in [1.165, 1.54) is 18.2 Å². The van der Waals surface area contributed by atoms with Gasteiger partial charge in [0.25, 0.3) is 0 Å². The molecular weight excluding hydrogens is 387 g/mol. The third kappa shape index (κ3) is 5.14. The predicted octanol–water partition coefficient (Wildman–Crippen LogP) is 1.78. The number of aromatic amines is 1. The van der Waals surface area contributed by atoms with E-state index in [1.807, 2.05) is 5.32 Å². The number of sulfonamides is 1. The average Bonchev–Trinajstić information content (AvgIpc) is 2.96. The van der Waals surface area contributed by atoms with E-state index in [4.69, 9.17) is 11.6 Å². The lowest BCUT2D eigenvalue weighted by atomic mass is 10.4. The van der Waals surface area contributed by atoms with Crippen LogP contribution in [0.1, 0.15) is 12.2 Å². The SMILES string of the molecule is O=C(CCNS(=O)(=O)c1ccccc1Cl)Nc1n[nH]c(C(F)(F)F)n1. The average molecular weight is 398 g/mol. The van der Waals surface area contributed by atoms with E-state index in [2.05, 4.69) is 14.8 Å². The molecule has 136 valence electrons. The van der Waals surface area contributed by atoms with Crippen LogP contribution in [0.5, 0.6) is 0 Å². The number of nitrogens with zero attached hydrogens (tertiary/aromatic N) is 2. The van der Waals surface area contributed by atoms with Crippen molar-refractivity contribution < 1.29 is 26.4 Å². The van der Waals surface area contributed by atoms with Gasteiger partial charge in [0.1, 0.15) is 4.90 Å². The minimum atomic E-state index is -4.72. The maximum Gasteiger partial charge on any atom is 0.451 e. The lowest BCUT2D eigenvalue weighted by Crippen LogP contribution is -2.28. The fourth-order valence-corrected chi connectivity index (χ4v) is 3.22. The molecule has 0 radical (unpaired) electrons. The van der Waals surface area contributed by atoms with Gasteiger partial charge >= 0.3 is 6.18 Å². The number of halogens is 4. The topological polar surface area (TPSA) is 117 Å². The zero-order valence-electron chi connectivity index (χ0n) is 12.3. The predicted molar refractivity (Wildman–Crippen MR) is 81.3 cm³/mol. The number of alkyl halides is 3. The maximum absolute atomic E-state index is 12.3. The molecule has 0 saturated heterocycles. The Morgan fingerprint density at radius 2 is 1.96 bits per heavy atom. The van der Waals surface area contributed by atoms with Gasteiger partial charge in [0, 0.05) is 13.0 Å². The van der Waals surface area contributed by atoms with E-state index < -0.39 is 33.9 Å². The van der Waals surface area contributed by atoms with Crippen LogP contribution in [0.25, 0.3) is 0 Å². The van der Waals surface area contributed by atoms with Gasteiger partial charge in [0.15, 0.2) is 0 Å². The number of hydrogen-bond acceptors (Lipinski definition) is 5. The van der Waals surface area contributed by atoms with Crippen LogP contribution in [0.15, 0.2) is 29.2 Å². The fraction of sp³-hybridized carbons (Fsp3) is 0.250. The van der Waals surface area contributed by atoms with Gasteiger partial charge in [0.2, 0.25) is 27.7 Å². The summed E-state index contributed by atoms with van der Waals surface area (Å²) in [6.07, 6.45) is -5.07. The second-order valence-electron chi connectivity index (χ2n) is 4.63. The molecule has 0 atom stereocenters. The van der Waals surface area contributed by atoms with Gasteiger partial charge < -0.3 is 0 Å². The van der Waals surface area contributed by atoms with Crippen molar-refractivity contribution in [3.8, 4) is 0 Å². The first kappa shape index (κ1) is 19.1. The standard InChI is InChI=1S/C12H11ClF3N5O3S/c13-7-3-1-2-4-8(7)25(23,24)17-6-5-9(22)18-11-19-10(20-21-11)12(14,15)16/h1-4,17H,5-6H2,(H2,18,19,20,21,22). The van der Waals surface area contributed by atoms with E-state index in [-0.39, 0.29) is 22.9 Å². The lowest BCUT2D eigenvalue weighted by molar-refractivity contribution is -0.144. The third-order valence-corrected chi connectivity index (χ3v) is 4.74. The summed E-state index contributed by atoms with van der Waals surface area (Å²) >= 11 is 5.79. The molecule has 0 aliphatic rings. The lowest BCUT2D eigenvalue weighted by Gasteiger charge is -2.07. The number of H-pyrrole nitrogens is 1. The Bertz CT molecular complexity index is 869. The van der Waals surface area contributed by atoms with Gasteiger partial charge in [-0.25, -0.2) is 13.1 Å². The summed E-state index contributed by atoms with van der Waals surface area (Å²) in [6.45, 7) is -0.296. The summed E-state index contributed by atoms with van der Waals surface area (Å²) < 4.78 is 63.2. The summed E-state index contributed by atoms with van der Waals surface area (Å²) in [5, 5.41) is 6.86. The summed E-state index contributed by atoms with van der Waals surface area (Å²) in [5.41, 5.74) is 0. The first-order valence-electron chi connectivity index (χ1n) is 6.63. The Hall–Kier alpha value is -2.18. The molecular formula is C12H11ClF3N5O3S. The van der Waals surface area contributed by atoms with Crippen LogP contribution in [0.4, 0.5) is 19.1 Å².